The average Bonchev–Trinajstić information content (AvgIpc) is 2.83. The average molecular weight is 302 g/mol. The zero-order chi connectivity index (χ0) is 16.1. The van der Waals surface area contributed by atoms with Crippen molar-refractivity contribution in [1.82, 2.24) is 20.6 Å². The fourth-order valence-electron chi connectivity index (χ4n) is 2.41. The van der Waals surface area contributed by atoms with E-state index in [1.165, 1.54) is 6.92 Å². The van der Waals surface area contributed by atoms with Gasteiger partial charge in [0.15, 0.2) is 0 Å². The molecule has 0 unspecified atom stereocenters. The molecule has 6 nitrogen and oxygen atoms in total. The largest absolute Gasteiger partial charge is 0.350 e. The van der Waals surface area contributed by atoms with Crippen molar-refractivity contribution >= 4 is 22.8 Å². The number of H-pyrrole nitrogens is 1. The highest BCUT2D eigenvalue weighted by molar-refractivity contribution is 5.86. The van der Waals surface area contributed by atoms with Gasteiger partial charge in [0, 0.05) is 13.5 Å². The molecular weight excluding hydrogens is 280 g/mol. The molecular formula is C16H22N4O2. The Bertz CT molecular complexity index is 678. The number of nitrogens with one attached hydrogen (secondary N) is 3. The van der Waals surface area contributed by atoms with Crippen LogP contribution in [0.25, 0.3) is 11.0 Å². The van der Waals surface area contributed by atoms with Crippen LogP contribution in [0.2, 0.25) is 0 Å². The number of aryl methyl sites for hydroxylation is 1. The number of nitrogens with zero attached hydrogens (tertiary/aromatic N) is 1. The quantitative estimate of drug-likeness (QED) is 0.760. The van der Waals surface area contributed by atoms with Crippen molar-refractivity contribution in [3.05, 3.63) is 29.6 Å². The summed E-state index contributed by atoms with van der Waals surface area (Å²) in [6.45, 7) is 5.73. The van der Waals surface area contributed by atoms with Crippen LogP contribution < -0.4 is 10.6 Å². The van der Waals surface area contributed by atoms with Gasteiger partial charge in [0.1, 0.15) is 11.9 Å². The summed E-state index contributed by atoms with van der Waals surface area (Å²) in [5, 5.41) is 5.56. The van der Waals surface area contributed by atoms with Gasteiger partial charge in [0.25, 0.3) is 0 Å². The Labute approximate surface area is 129 Å². The maximum absolute atomic E-state index is 12.2. The van der Waals surface area contributed by atoms with Crippen molar-refractivity contribution in [1.29, 1.82) is 0 Å². The summed E-state index contributed by atoms with van der Waals surface area (Å²) in [5.41, 5.74) is 2.86. The Morgan fingerprint density at radius 3 is 2.82 bits per heavy atom. The minimum atomic E-state index is -0.472. The fourth-order valence-corrected chi connectivity index (χ4v) is 2.41. The van der Waals surface area contributed by atoms with Crippen LogP contribution in [0.3, 0.4) is 0 Å². The molecule has 2 rings (SSSR count). The second kappa shape index (κ2) is 7.06. The van der Waals surface area contributed by atoms with Gasteiger partial charge in [-0.15, -0.1) is 0 Å². The topological polar surface area (TPSA) is 86.9 Å². The van der Waals surface area contributed by atoms with Crippen LogP contribution in [-0.2, 0) is 16.1 Å². The summed E-state index contributed by atoms with van der Waals surface area (Å²) >= 11 is 0. The molecule has 1 atom stereocenters. The number of aromatic nitrogens is 2. The zero-order valence-electron chi connectivity index (χ0n) is 13.2. The van der Waals surface area contributed by atoms with Crippen LogP contribution in [0.15, 0.2) is 18.2 Å². The van der Waals surface area contributed by atoms with Crippen molar-refractivity contribution in [2.24, 2.45) is 0 Å². The lowest BCUT2D eigenvalue weighted by atomic mass is 10.1. The van der Waals surface area contributed by atoms with Gasteiger partial charge in [-0.25, -0.2) is 4.98 Å². The number of amides is 2. The molecule has 6 heteroatoms. The van der Waals surface area contributed by atoms with Gasteiger partial charge in [-0.3, -0.25) is 9.59 Å². The highest BCUT2D eigenvalue weighted by Crippen LogP contribution is 2.13. The van der Waals surface area contributed by atoms with Crippen molar-refractivity contribution in [3.63, 3.8) is 0 Å². The first-order valence-corrected chi connectivity index (χ1v) is 7.49. The van der Waals surface area contributed by atoms with Crippen LogP contribution >= 0.6 is 0 Å². The molecule has 3 N–H and O–H groups in total. The van der Waals surface area contributed by atoms with Gasteiger partial charge in [-0.1, -0.05) is 19.4 Å². The lowest BCUT2D eigenvalue weighted by molar-refractivity contribution is -0.128. The second-order valence-electron chi connectivity index (χ2n) is 5.43. The first-order valence-electron chi connectivity index (χ1n) is 7.49. The lowest BCUT2D eigenvalue weighted by Gasteiger charge is -2.16. The first-order chi connectivity index (χ1) is 10.5. The number of benzene rings is 1. The summed E-state index contributed by atoms with van der Waals surface area (Å²) in [6.07, 6.45) is 1.46. The van der Waals surface area contributed by atoms with E-state index in [9.17, 15) is 9.59 Å². The Morgan fingerprint density at radius 1 is 1.36 bits per heavy atom. The predicted molar refractivity (Wildman–Crippen MR) is 85.2 cm³/mol. The Morgan fingerprint density at radius 2 is 2.14 bits per heavy atom. The van der Waals surface area contributed by atoms with E-state index in [2.05, 4.69) is 20.6 Å². The van der Waals surface area contributed by atoms with Crippen LogP contribution in [0.1, 0.15) is 38.1 Å². The maximum Gasteiger partial charge on any atom is 0.242 e. The minimum absolute atomic E-state index is 0.155. The molecule has 2 amide bonds. The number of hydrogen-bond acceptors (Lipinski definition) is 3. The zero-order valence-corrected chi connectivity index (χ0v) is 13.2. The molecule has 0 saturated heterocycles. The van der Waals surface area contributed by atoms with E-state index in [0.717, 1.165) is 28.8 Å². The van der Waals surface area contributed by atoms with Crippen LogP contribution in [-0.4, -0.2) is 27.8 Å². The highest BCUT2D eigenvalue weighted by atomic mass is 16.2. The van der Waals surface area contributed by atoms with Crippen LogP contribution in [0, 0.1) is 6.92 Å². The summed E-state index contributed by atoms with van der Waals surface area (Å²) in [5.74, 6) is 0.519. The van der Waals surface area contributed by atoms with E-state index in [-0.39, 0.29) is 11.8 Å². The van der Waals surface area contributed by atoms with Gasteiger partial charge in [0.05, 0.1) is 11.0 Å². The molecule has 2 aromatic rings. The molecule has 1 aromatic heterocycles. The van der Waals surface area contributed by atoms with E-state index in [0.29, 0.717) is 13.0 Å². The molecule has 0 radical (unpaired) electrons. The first kappa shape index (κ1) is 16.0. The van der Waals surface area contributed by atoms with Crippen LogP contribution in [0.5, 0.6) is 0 Å². The normalized spacial score (nSPS) is 12.1. The molecule has 22 heavy (non-hydrogen) atoms. The molecule has 1 aromatic carbocycles. The molecule has 0 bridgehead atoms. The predicted octanol–water partition coefficient (Wildman–Crippen LogP) is 1.79. The number of aromatic amines is 1. The number of carbonyl (C=O) groups excluding carboxylic acids is 2. The molecule has 0 saturated carbocycles. The van der Waals surface area contributed by atoms with Gasteiger partial charge >= 0.3 is 0 Å². The summed E-state index contributed by atoms with van der Waals surface area (Å²) < 4.78 is 0. The van der Waals surface area contributed by atoms with E-state index in [1.807, 2.05) is 32.0 Å². The lowest BCUT2D eigenvalue weighted by Crippen LogP contribution is -2.45. The summed E-state index contributed by atoms with van der Waals surface area (Å²) in [7, 11) is 0. The molecule has 0 aliphatic heterocycles. The Balaban J connectivity index is 1.99. The number of hydrogen-bond donors (Lipinski definition) is 3. The molecule has 118 valence electrons. The summed E-state index contributed by atoms with van der Waals surface area (Å²) in [4.78, 5) is 30.8. The molecule has 0 aliphatic carbocycles. The molecule has 0 fully saturated rings. The Kier molecular flexibility index (Phi) is 5.14. The molecule has 0 aliphatic rings. The number of fused-ring (bicyclic) bond motifs is 1. The van der Waals surface area contributed by atoms with Crippen molar-refractivity contribution in [2.75, 3.05) is 0 Å². The SMILES string of the molecule is CCC[C@H](NC(C)=O)C(=O)NCc1ccc2nc(C)[nH]c2c1. The van der Waals surface area contributed by atoms with Gasteiger partial charge in [-0.05, 0) is 31.0 Å². The molecule has 0 spiro atoms. The van der Waals surface area contributed by atoms with Gasteiger partial charge in [-0.2, -0.15) is 0 Å². The monoisotopic (exact) mass is 302 g/mol. The van der Waals surface area contributed by atoms with Crippen molar-refractivity contribution < 1.29 is 9.59 Å². The van der Waals surface area contributed by atoms with Crippen molar-refractivity contribution in [3.8, 4) is 0 Å². The van der Waals surface area contributed by atoms with Gasteiger partial charge in [0.2, 0.25) is 11.8 Å². The number of rotatable bonds is 6. The second-order valence-corrected chi connectivity index (χ2v) is 5.43. The number of imidazole rings is 1. The fraction of sp³-hybridized carbons (Fsp3) is 0.438. The minimum Gasteiger partial charge on any atom is -0.350 e. The standard InChI is InChI=1S/C16H22N4O2/c1-4-5-14(20-11(3)21)16(22)17-9-12-6-7-13-15(8-12)19-10(2)18-13/h6-8,14H,4-5,9H2,1-3H3,(H,17,22)(H,18,19)(H,20,21)/t14-/m0/s1. The third-order valence-electron chi connectivity index (χ3n) is 3.40. The van der Waals surface area contributed by atoms with E-state index in [4.69, 9.17) is 0 Å². The third-order valence-corrected chi connectivity index (χ3v) is 3.40. The van der Waals surface area contributed by atoms with Crippen molar-refractivity contribution in [2.45, 2.75) is 46.2 Å². The Hall–Kier alpha value is -2.37. The number of carbonyl (C=O) groups is 2. The van der Waals surface area contributed by atoms with Gasteiger partial charge < -0.3 is 15.6 Å². The van der Waals surface area contributed by atoms with E-state index >= 15 is 0 Å². The maximum atomic E-state index is 12.2. The third kappa shape index (κ3) is 4.07. The van der Waals surface area contributed by atoms with E-state index < -0.39 is 6.04 Å². The van der Waals surface area contributed by atoms with E-state index in [1.54, 1.807) is 0 Å². The highest BCUT2D eigenvalue weighted by Gasteiger charge is 2.17. The summed E-state index contributed by atoms with van der Waals surface area (Å²) in [6, 6.07) is 5.37. The smallest absolute Gasteiger partial charge is 0.242 e. The molecule has 1 heterocycles. The van der Waals surface area contributed by atoms with Crippen LogP contribution in [0.4, 0.5) is 0 Å².